The number of halogens is 1. The Bertz CT molecular complexity index is 606. The molecule has 100 valence electrons. The first-order chi connectivity index (χ1) is 8.97. The fourth-order valence-corrected chi connectivity index (χ4v) is 2.32. The maximum absolute atomic E-state index is 11.0. The number of primary amides is 1. The number of hydrogen-bond donors (Lipinski definition) is 2. The van der Waals surface area contributed by atoms with E-state index in [0.29, 0.717) is 0 Å². The molecule has 1 amide bonds. The minimum absolute atomic E-state index is 0.105. The molecule has 1 aromatic heterocycles. The molecule has 0 saturated heterocycles. The highest BCUT2D eigenvalue weighted by Gasteiger charge is 2.08. The Morgan fingerprint density at radius 1 is 1.47 bits per heavy atom. The van der Waals surface area contributed by atoms with Gasteiger partial charge >= 0.3 is 0 Å². The molecule has 0 aliphatic heterocycles. The lowest BCUT2D eigenvalue weighted by Crippen LogP contribution is -2.18. The third kappa shape index (κ3) is 3.21. The Kier molecular flexibility index (Phi) is 4.01. The highest BCUT2D eigenvalue weighted by atomic mass is 79.9. The van der Waals surface area contributed by atoms with Gasteiger partial charge in [0.05, 0.1) is 5.69 Å². The van der Waals surface area contributed by atoms with Crippen molar-refractivity contribution in [2.45, 2.75) is 19.4 Å². The lowest BCUT2D eigenvalue weighted by atomic mass is 10.1. The first-order valence-corrected chi connectivity index (χ1v) is 6.66. The summed E-state index contributed by atoms with van der Waals surface area (Å²) in [4.78, 5) is 11.0. The van der Waals surface area contributed by atoms with Crippen molar-refractivity contribution in [3.8, 4) is 5.69 Å². The van der Waals surface area contributed by atoms with E-state index in [1.165, 1.54) is 0 Å². The van der Waals surface area contributed by atoms with Gasteiger partial charge < -0.3 is 11.5 Å². The Morgan fingerprint density at radius 2 is 2.21 bits per heavy atom. The number of carbonyl (C=O) groups is 1. The van der Waals surface area contributed by atoms with Crippen LogP contribution in [0.4, 0.5) is 0 Å². The van der Waals surface area contributed by atoms with Crippen LogP contribution in [-0.2, 0) is 6.42 Å². The molecule has 1 aromatic carbocycles. The summed E-state index contributed by atoms with van der Waals surface area (Å²) in [6, 6.07) is 7.56. The third-order valence-corrected chi connectivity index (χ3v) is 3.42. The van der Waals surface area contributed by atoms with Crippen molar-refractivity contribution in [2.24, 2.45) is 11.5 Å². The van der Waals surface area contributed by atoms with Gasteiger partial charge in [-0.05, 0) is 37.1 Å². The molecule has 0 bridgehead atoms. The quantitative estimate of drug-likeness (QED) is 0.896. The number of nitrogens with two attached hydrogens (primary N) is 2. The normalized spacial score (nSPS) is 12.4. The van der Waals surface area contributed by atoms with E-state index in [1.807, 2.05) is 25.1 Å². The fourth-order valence-electron chi connectivity index (χ4n) is 1.79. The van der Waals surface area contributed by atoms with Gasteiger partial charge in [-0.2, -0.15) is 5.10 Å². The molecule has 2 aromatic rings. The van der Waals surface area contributed by atoms with E-state index < -0.39 is 5.91 Å². The van der Waals surface area contributed by atoms with Gasteiger partial charge in [-0.3, -0.25) is 4.79 Å². The van der Waals surface area contributed by atoms with E-state index >= 15 is 0 Å². The van der Waals surface area contributed by atoms with Crippen molar-refractivity contribution in [1.29, 1.82) is 0 Å². The molecular weight excluding hydrogens is 308 g/mol. The highest BCUT2D eigenvalue weighted by molar-refractivity contribution is 9.10. The van der Waals surface area contributed by atoms with Gasteiger partial charge in [0.15, 0.2) is 0 Å². The third-order valence-electron chi connectivity index (χ3n) is 2.68. The largest absolute Gasteiger partial charge is 0.364 e. The van der Waals surface area contributed by atoms with Crippen molar-refractivity contribution in [3.05, 3.63) is 46.2 Å². The van der Waals surface area contributed by atoms with E-state index in [1.54, 1.807) is 16.9 Å². The van der Waals surface area contributed by atoms with Gasteiger partial charge in [-0.15, -0.1) is 0 Å². The van der Waals surface area contributed by atoms with Crippen LogP contribution in [0, 0.1) is 0 Å². The van der Waals surface area contributed by atoms with Gasteiger partial charge in [-0.25, -0.2) is 4.68 Å². The predicted octanol–water partition coefficient (Wildman–Crippen LogP) is 1.62. The standard InChI is InChI=1S/C13H15BrN4O/c1-8(15)6-9-2-3-10(7-11(9)14)18-5-4-12(17-18)13(16)19/h2-5,7-8H,6,15H2,1H3,(H2,16,19). The maximum atomic E-state index is 11.0. The van der Waals surface area contributed by atoms with Crippen LogP contribution >= 0.6 is 15.9 Å². The number of amides is 1. The molecular formula is C13H15BrN4O. The van der Waals surface area contributed by atoms with Crippen LogP contribution in [0.3, 0.4) is 0 Å². The van der Waals surface area contributed by atoms with E-state index in [-0.39, 0.29) is 11.7 Å². The van der Waals surface area contributed by atoms with Crippen molar-refractivity contribution < 1.29 is 4.79 Å². The minimum atomic E-state index is -0.536. The average Bonchev–Trinajstić information content (AvgIpc) is 2.80. The molecule has 4 N–H and O–H groups in total. The summed E-state index contributed by atoms with van der Waals surface area (Å²) >= 11 is 3.52. The Labute approximate surface area is 119 Å². The zero-order chi connectivity index (χ0) is 14.0. The summed E-state index contributed by atoms with van der Waals surface area (Å²) in [7, 11) is 0. The van der Waals surface area contributed by atoms with Crippen LogP contribution in [0.1, 0.15) is 23.0 Å². The number of aromatic nitrogens is 2. The second-order valence-corrected chi connectivity index (χ2v) is 5.32. The molecule has 5 nitrogen and oxygen atoms in total. The summed E-state index contributed by atoms with van der Waals surface area (Å²) in [5.41, 5.74) is 13.2. The van der Waals surface area contributed by atoms with Crippen LogP contribution in [0.25, 0.3) is 5.69 Å². The van der Waals surface area contributed by atoms with E-state index in [4.69, 9.17) is 11.5 Å². The average molecular weight is 323 g/mol. The molecule has 6 heteroatoms. The molecule has 1 atom stereocenters. The van der Waals surface area contributed by atoms with Crippen LogP contribution in [-0.4, -0.2) is 21.7 Å². The van der Waals surface area contributed by atoms with Crippen molar-refractivity contribution in [3.63, 3.8) is 0 Å². The highest BCUT2D eigenvalue weighted by Crippen LogP contribution is 2.21. The first-order valence-electron chi connectivity index (χ1n) is 5.87. The summed E-state index contributed by atoms with van der Waals surface area (Å²) in [6.45, 7) is 1.97. The fraction of sp³-hybridized carbons (Fsp3) is 0.231. The topological polar surface area (TPSA) is 86.9 Å². The Morgan fingerprint density at radius 3 is 2.74 bits per heavy atom. The zero-order valence-corrected chi connectivity index (χ0v) is 12.1. The number of rotatable bonds is 4. The summed E-state index contributed by atoms with van der Waals surface area (Å²) < 4.78 is 2.58. The molecule has 0 aliphatic carbocycles. The maximum Gasteiger partial charge on any atom is 0.269 e. The second kappa shape index (κ2) is 5.54. The van der Waals surface area contributed by atoms with Crippen LogP contribution in [0.2, 0.25) is 0 Å². The summed E-state index contributed by atoms with van der Waals surface area (Å²) in [5, 5.41) is 4.11. The van der Waals surface area contributed by atoms with Crippen molar-refractivity contribution in [1.82, 2.24) is 9.78 Å². The molecule has 2 rings (SSSR count). The molecule has 0 aliphatic rings. The van der Waals surface area contributed by atoms with Crippen molar-refractivity contribution >= 4 is 21.8 Å². The monoisotopic (exact) mass is 322 g/mol. The molecule has 0 fully saturated rings. The SMILES string of the molecule is CC(N)Cc1ccc(-n2ccc(C(N)=O)n2)cc1Br. The number of hydrogen-bond acceptors (Lipinski definition) is 3. The lowest BCUT2D eigenvalue weighted by Gasteiger charge is -2.09. The van der Waals surface area contributed by atoms with E-state index in [9.17, 15) is 4.79 Å². The second-order valence-electron chi connectivity index (χ2n) is 4.47. The molecule has 0 spiro atoms. The molecule has 19 heavy (non-hydrogen) atoms. The van der Waals surface area contributed by atoms with Gasteiger partial charge in [0.2, 0.25) is 0 Å². The number of nitrogens with zero attached hydrogens (tertiary/aromatic N) is 2. The van der Waals surface area contributed by atoms with Crippen LogP contribution < -0.4 is 11.5 Å². The number of benzene rings is 1. The summed E-state index contributed by atoms with van der Waals surface area (Å²) in [5.74, 6) is -0.536. The minimum Gasteiger partial charge on any atom is -0.364 e. The van der Waals surface area contributed by atoms with Gasteiger partial charge in [-0.1, -0.05) is 22.0 Å². The molecule has 1 unspecified atom stereocenters. The Balaban J connectivity index is 2.30. The Hall–Kier alpha value is -1.66. The van der Waals surface area contributed by atoms with Gasteiger partial charge in [0, 0.05) is 16.7 Å². The van der Waals surface area contributed by atoms with Crippen LogP contribution in [0.15, 0.2) is 34.9 Å². The lowest BCUT2D eigenvalue weighted by molar-refractivity contribution is 0.0995. The number of carbonyl (C=O) groups excluding carboxylic acids is 1. The van der Waals surface area contributed by atoms with E-state index in [2.05, 4.69) is 21.0 Å². The molecule has 0 saturated carbocycles. The van der Waals surface area contributed by atoms with Crippen molar-refractivity contribution in [2.75, 3.05) is 0 Å². The zero-order valence-electron chi connectivity index (χ0n) is 10.5. The van der Waals surface area contributed by atoms with E-state index in [0.717, 1.165) is 22.1 Å². The summed E-state index contributed by atoms with van der Waals surface area (Å²) in [6.07, 6.45) is 2.50. The van der Waals surface area contributed by atoms with Crippen LogP contribution in [0.5, 0.6) is 0 Å². The smallest absolute Gasteiger partial charge is 0.269 e. The molecule has 0 radical (unpaired) electrons. The van der Waals surface area contributed by atoms with Gasteiger partial charge in [0.25, 0.3) is 5.91 Å². The van der Waals surface area contributed by atoms with Gasteiger partial charge in [0.1, 0.15) is 5.69 Å². The first kappa shape index (κ1) is 13.8. The predicted molar refractivity (Wildman–Crippen MR) is 77.1 cm³/mol. The molecule has 1 heterocycles.